The molecule has 0 spiro atoms. The Bertz CT molecular complexity index is 337. The van der Waals surface area contributed by atoms with Crippen LogP contribution >= 0.6 is 11.3 Å². The molecule has 1 saturated heterocycles. The van der Waals surface area contributed by atoms with Gasteiger partial charge in [0.15, 0.2) is 0 Å². The van der Waals surface area contributed by atoms with Crippen LogP contribution in [-0.4, -0.2) is 32.0 Å². The Morgan fingerprint density at radius 1 is 1.56 bits per heavy atom. The zero-order valence-corrected chi connectivity index (χ0v) is 11.7. The van der Waals surface area contributed by atoms with Gasteiger partial charge in [0, 0.05) is 33.2 Å². The molecular formula is C13H22N2O2S. The third-order valence-electron chi connectivity index (χ3n) is 3.88. The van der Waals surface area contributed by atoms with Crippen LogP contribution in [0.15, 0.2) is 16.8 Å². The summed E-state index contributed by atoms with van der Waals surface area (Å²) in [5.74, 6) is 5.74. The van der Waals surface area contributed by atoms with Gasteiger partial charge < -0.3 is 9.47 Å². The first-order valence-corrected chi connectivity index (χ1v) is 7.35. The lowest BCUT2D eigenvalue weighted by Gasteiger charge is -2.42. The predicted octanol–water partition coefficient (Wildman–Crippen LogP) is 1.71. The van der Waals surface area contributed by atoms with Crippen LogP contribution in [0.5, 0.6) is 0 Å². The van der Waals surface area contributed by atoms with Gasteiger partial charge in [0.05, 0.1) is 11.6 Å². The van der Waals surface area contributed by atoms with E-state index in [1.54, 1.807) is 18.4 Å². The molecule has 0 aliphatic carbocycles. The van der Waals surface area contributed by atoms with Crippen LogP contribution in [0, 0.1) is 0 Å². The molecule has 1 aliphatic heterocycles. The molecule has 1 fully saturated rings. The number of nitrogens with one attached hydrogen (secondary N) is 1. The van der Waals surface area contributed by atoms with Crippen molar-refractivity contribution in [1.29, 1.82) is 0 Å². The topological polar surface area (TPSA) is 56.5 Å². The highest BCUT2D eigenvalue weighted by Crippen LogP contribution is 2.30. The smallest absolute Gasteiger partial charge is 0.0888 e. The molecule has 0 bridgehead atoms. The molecular weight excluding hydrogens is 248 g/mol. The van der Waals surface area contributed by atoms with Crippen molar-refractivity contribution in [2.45, 2.75) is 37.3 Å². The lowest BCUT2D eigenvalue weighted by Crippen LogP contribution is -2.57. The highest BCUT2D eigenvalue weighted by atomic mass is 32.1. The van der Waals surface area contributed by atoms with E-state index >= 15 is 0 Å². The van der Waals surface area contributed by atoms with E-state index in [0.717, 1.165) is 38.9 Å². The minimum Gasteiger partial charge on any atom is -0.381 e. The van der Waals surface area contributed by atoms with Gasteiger partial charge in [-0.1, -0.05) is 0 Å². The minimum absolute atomic E-state index is 0.172. The number of nitrogens with two attached hydrogens (primary N) is 1. The second-order valence-corrected chi connectivity index (χ2v) is 5.55. The highest BCUT2D eigenvalue weighted by Gasteiger charge is 2.39. The predicted molar refractivity (Wildman–Crippen MR) is 73.5 cm³/mol. The third-order valence-corrected chi connectivity index (χ3v) is 4.62. The number of methoxy groups -OCH3 is 1. The average molecular weight is 270 g/mol. The quantitative estimate of drug-likeness (QED) is 0.610. The van der Waals surface area contributed by atoms with Gasteiger partial charge in [0.25, 0.3) is 0 Å². The third kappa shape index (κ3) is 3.10. The van der Waals surface area contributed by atoms with Crippen LogP contribution in [0.1, 0.15) is 24.8 Å². The lowest BCUT2D eigenvalue weighted by molar-refractivity contribution is -0.111. The van der Waals surface area contributed by atoms with Crippen molar-refractivity contribution in [3.8, 4) is 0 Å². The van der Waals surface area contributed by atoms with Gasteiger partial charge in [0.1, 0.15) is 0 Å². The van der Waals surface area contributed by atoms with E-state index in [0.29, 0.717) is 0 Å². The summed E-state index contributed by atoms with van der Waals surface area (Å²) in [6, 6.07) is 2.34. The molecule has 0 amide bonds. The molecule has 1 aromatic rings. The number of hydrogen-bond acceptors (Lipinski definition) is 5. The van der Waals surface area contributed by atoms with Crippen LogP contribution < -0.4 is 11.3 Å². The van der Waals surface area contributed by atoms with Crippen molar-refractivity contribution in [2.24, 2.45) is 5.84 Å². The average Bonchev–Trinajstić information content (AvgIpc) is 2.93. The molecule has 1 atom stereocenters. The molecule has 0 aromatic carbocycles. The first-order chi connectivity index (χ1) is 8.80. The second-order valence-electron chi connectivity index (χ2n) is 4.77. The van der Waals surface area contributed by atoms with Gasteiger partial charge in [-0.05, 0) is 35.2 Å². The molecule has 5 heteroatoms. The molecule has 3 N–H and O–H groups in total. The summed E-state index contributed by atoms with van der Waals surface area (Å²) in [6.45, 7) is 1.51. The standard InChI is InChI=1S/C13H22N2O2S/c1-16-13(5-7-17-8-6-13)12(15-14)3-2-11-4-9-18-10-11/h4,9-10,12,15H,2-3,5-8,14H2,1H3. The largest absolute Gasteiger partial charge is 0.381 e. The monoisotopic (exact) mass is 270 g/mol. The van der Waals surface area contributed by atoms with Crippen LogP contribution in [0.4, 0.5) is 0 Å². The summed E-state index contributed by atoms with van der Waals surface area (Å²) >= 11 is 1.74. The fraction of sp³-hybridized carbons (Fsp3) is 0.692. The van der Waals surface area contributed by atoms with Gasteiger partial charge in [0.2, 0.25) is 0 Å². The van der Waals surface area contributed by atoms with Crippen LogP contribution in [0.25, 0.3) is 0 Å². The Labute approximate surface area is 112 Å². The molecule has 1 aliphatic rings. The molecule has 0 saturated carbocycles. The Kier molecular flexibility index (Phi) is 5.14. The minimum atomic E-state index is -0.178. The normalized spacial score (nSPS) is 20.8. The number of hydrogen-bond donors (Lipinski definition) is 2. The van der Waals surface area contributed by atoms with E-state index in [1.165, 1.54) is 5.56 Å². The summed E-state index contributed by atoms with van der Waals surface area (Å²) in [4.78, 5) is 0. The summed E-state index contributed by atoms with van der Waals surface area (Å²) in [5, 5.41) is 4.30. The van der Waals surface area contributed by atoms with Crippen LogP contribution in [0.2, 0.25) is 0 Å². The molecule has 0 radical (unpaired) electrons. The number of rotatable bonds is 6. The molecule has 1 unspecified atom stereocenters. The highest BCUT2D eigenvalue weighted by molar-refractivity contribution is 7.07. The zero-order chi connectivity index (χ0) is 12.8. The van der Waals surface area contributed by atoms with Gasteiger partial charge in [-0.25, -0.2) is 0 Å². The van der Waals surface area contributed by atoms with Crippen molar-refractivity contribution >= 4 is 11.3 Å². The maximum Gasteiger partial charge on any atom is 0.0888 e. The van der Waals surface area contributed by atoms with E-state index < -0.39 is 0 Å². The van der Waals surface area contributed by atoms with Crippen molar-refractivity contribution in [2.75, 3.05) is 20.3 Å². The fourth-order valence-electron chi connectivity index (χ4n) is 2.66. The maximum absolute atomic E-state index is 5.78. The molecule has 4 nitrogen and oxygen atoms in total. The SMILES string of the molecule is COC1(C(CCc2ccsc2)NN)CCOCC1. The Morgan fingerprint density at radius 2 is 2.33 bits per heavy atom. The first-order valence-electron chi connectivity index (χ1n) is 6.41. The van der Waals surface area contributed by atoms with Gasteiger partial charge in [-0.2, -0.15) is 11.3 Å². The van der Waals surface area contributed by atoms with E-state index in [1.807, 2.05) is 0 Å². The van der Waals surface area contributed by atoms with E-state index in [9.17, 15) is 0 Å². The lowest BCUT2D eigenvalue weighted by atomic mass is 9.83. The van der Waals surface area contributed by atoms with Gasteiger partial charge >= 0.3 is 0 Å². The summed E-state index contributed by atoms with van der Waals surface area (Å²) < 4.78 is 11.2. The van der Waals surface area contributed by atoms with E-state index in [-0.39, 0.29) is 11.6 Å². The summed E-state index contributed by atoms with van der Waals surface area (Å²) in [7, 11) is 1.78. The second kappa shape index (κ2) is 6.63. The van der Waals surface area contributed by atoms with Crippen molar-refractivity contribution in [1.82, 2.24) is 5.43 Å². The Morgan fingerprint density at radius 3 is 2.89 bits per heavy atom. The Hall–Kier alpha value is -0.460. The summed E-state index contributed by atoms with van der Waals surface area (Å²) in [6.07, 6.45) is 3.83. The van der Waals surface area contributed by atoms with Gasteiger partial charge in [-0.3, -0.25) is 11.3 Å². The van der Waals surface area contributed by atoms with Crippen LogP contribution in [0.3, 0.4) is 0 Å². The number of aryl methyl sites for hydroxylation is 1. The van der Waals surface area contributed by atoms with Crippen molar-refractivity contribution in [3.05, 3.63) is 22.4 Å². The van der Waals surface area contributed by atoms with Crippen molar-refractivity contribution < 1.29 is 9.47 Å². The number of thiophene rings is 1. The van der Waals surface area contributed by atoms with E-state index in [4.69, 9.17) is 15.3 Å². The molecule has 102 valence electrons. The van der Waals surface area contributed by atoms with Crippen molar-refractivity contribution in [3.63, 3.8) is 0 Å². The zero-order valence-electron chi connectivity index (χ0n) is 10.9. The van der Waals surface area contributed by atoms with E-state index in [2.05, 4.69) is 22.3 Å². The number of hydrazine groups is 1. The first kappa shape index (κ1) is 14.0. The fourth-order valence-corrected chi connectivity index (χ4v) is 3.36. The summed E-state index contributed by atoms with van der Waals surface area (Å²) in [5.41, 5.74) is 4.14. The number of ether oxygens (including phenoxy) is 2. The van der Waals surface area contributed by atoms with Crippen LogP contribution in [-0.2, 0) is 15.9 Å². The molecule has 1 aromatic heterocycles. The Balaban J connectivity index is 1.97. The molecule has 2 rings (SSSR count). The molecule has 2 heterocycles. The maximum atomic E-state index is 5.78. The van der Waals surface area contributed by atoms with Gasteiger partial charge in [-0.15, -0.1) is 0 Å². The molecule has 18 heavy (non-hydrogen) atoms.